The zero-order valence-corrected chi connectivity index (χ0v) is 19.9. The van der Waals surface area contributed by atoms with Crippen molar-refractivity contribution in [1.29, 1.82) is 0 Å². The van der Waals surface area contributed by atoms with Crippen molar-refractivity contribution in [2.45, 2.75) is 26.8 Å². The number of hydrogen-bond donors (Lipinski definition) is 2. The molecule has 0 bridgehead atoms. The van der Waals surface area contributed by atoms with Crippen molar-refractivity contribution in [2.75, 3.05) is 5.32 Å². The fourth-order valence-corrected chi connectivity index (χ4v) is 4.56. The first-order valence-electron chi connectivity index (χ1n) is 11.3. The molecular formula is C28H25N3O4. The van der Waals surface area contributed by atoms with Crippen LogP contribution in [-0.4, -0.2) is 20.9 Å². The lowest BCUT2D eigenvalue weighted by atomic mass is 9.98. The quantitative estimate of drug-likeness (QED) is 0.337. The standard InChI is InChI=1S/C28H25N3O4/c1-15-11-21(17(3)29-24-8-6-5-7-20(24)28(33)34)27-22(12-15)25(32)16(2)26(35-27)18-9-10-23-19(13-18)14-31(4)30-23/h5-14,17,29H,1-4H3,(H,33,34)/t17-/m1/s1. The molecule has 35 heavy (non-hydrogen) atoms. The molecule has 3 aromatic carbocycles. The van der Waals surface area contributed by atoms with Crippen LogP contribution in [0.4, 0.5) is 5.69 Å². The highest BCUT2D eigenvalue weighted by Crippen LogP contribution is 2.33. The van der Waals surface area contributed by atoms with E-state index >= 15 is 0 Å². The molecule has 2 heterocycles. The maximum Gasteiger partial charge on any atom is 0.337 e. The molecule has 0 aliphatic heterocycles. The highest BCUT2D eigenvalue weighted by molar-refractivity contribution is 5.94. The average Bonchev–Trinajstić information content (AvgIpc) is 3.20. The number of carboxylic acids is 1. The van der Waals surface area contributed by atoms with E-state index in [1.54, 1.807) is 35.9 Å². The molecule has 2 N–H and O–H groups in total. The zero-order chi connectivity index (χ0) is 24.9. The number of carboxylic acid groups (broad SMARTS) is 1. The van der Waals surface area contributed by atoms with Crippen LogP contribution in [0.1, 0.15) is 40.0 Å². The summed E-state index contributed by atoms with van der Waals surface area (Å²) in [4.78, 5) is 25.1. The second-order valence-electron chi connectivity index (χ2n) is 8.91. The smallest absolute Gasteiger partial charge is 0.337 e. The second kappa shape index (κ2) is 8.43. The van der Waals surface area contributed by atoms with E-state index in [1.165, 1.54) is 0 Å². The number of benzene rings is 3. The highest BCUT2D eigenvalue weighted by Gasteiger charge is 2.20. The van der Waals surface area contributed by atoms with Crippen LogP contribution in [-0.2, 0) is 7.05 Å². The highest BCUT2D eigenvalue weighted by atomic mass is 16.4. The summed E-state index contributed by atoms with van der Waals surface area (Å²) >= 11 is 0. The number of nitrogens with zero attached hydrogens (tertiary/aromatic N) is 2. The van der Waals surface area contributed by atoms with Crippen molar-refractivity contribution in [1.82, 2.24) is 9.78 Å². The minimum Gasteiger partial charge on any atom is -0.478 e. The SMILES string of the molecule is Cc1cc([C@@H](C)Nc2ccccc2C(=O)O)c2oc(-c3ccc4nn(C)cc4c3)c(C)c(=O)c2c1. The molecule has 1 atom stereocenters. The molecule has 5 aromatic rings. The van der Waals surface area contributed by atoms with Crippen molar-refractivity contribution in [2.24, 2.45) is 7.05 Å². The Morgan fingerprint density at radius 1 is 1.11 bits per heavy atom. The van der Waals surface area contributed by atoms with E-state index in [2.05, 4.69) is 10.4 Å². The number of aromatic nitrogens is 2. The topological polar surface area (TPSA) is 97.4 Å². The van der Waals surface area contributed by atoms with Gasteiger partial charge in [-0.3, -0.25) is 9.48 Å². The molecule has 0 fully saturated rings. The summed E-state index contributed by atoms with van der Waals surface area (Å²) in [5.41, 5.74) is 4.97. The summed E-state index contributed by atoms with van der Waals surface area (Å²) in [7, 11) is 1.87. The Morgan fingerprint density at radius 2 is 1.89 bits per heavy atom. The van der Waals surface area contributed by atoms with Gasteiger partial charge in [0.05, 0.1) is 22.5 Å². The predicted octanol–water partition coefficient (Wildman–Crippen LogP) is 5.83. The minimum atomic E-state index is -1.01. The second-order valence-corrected chi connectivity index (χ2v) is 8.91. The summed E-state index contributed by atoms with van der Waals surface area (Å²) in [6, 6.07) is 16.0. The third-order valence-corrected chi connectivity index (χ3v) is 6.27. The predicted molar refractivity (Wildman–Crippen MR) is 137 cm³/mol. The molecule has 7 heteroatoms. The van der Waals surface area contributed by atoms with Crippen molar-refractivity contribution in [3.63, 3.8) is 0 Å². The van der Waals surface area contributed by atoms with Crippen molar-refractivity contribution < 1.29 is 14.3 Å². The molecular weight excluding hydrogens is 442 g/mol. The minimum absolute atomic E-state index is 0.0874. The third kappa shape index (κ3) is 3.95. The van der Waals surface area contributed by atoms with Crippen LogP contribution >= 0.6 is 0 Å². The van der Waals surface area contributed by atoms with E-state index in [0.29, 0.717) is 28.0 Å². The summed E-state index contributed by atoms with van der Waals surface area (Å²) < 4.78 is 8.21. The lowest BCUT2D eigenvalue weighted by molar-refractivity contribution is 0.0698. The zero-order valence-electron chi connectivity index (χ0n) is 19.9. The summed E-state index contributed by atoms with van der Waals surface area (Å²) in [6.45, 7) is 5.63. The number of carbonyl (C=O) groups is 1. The van der Waals surface area contributed by atoms with Gasteiger partial charge < -0.3 is 14.8 Å². The maximum atomic E-state index is 13.4. The molecule has 2 aromatic heterocycles. The van der Waals surface area contributed by atoms with Gasteiger partial charge in [-0.15, -0.1) is 0 Å². The molecule has 7 nitrogen and oxygen atoms in total. The lowest BCUT2D eigenvalue weighted by Gasteiger charge is -2.20. The van der Waals surface area contributed by atoms with Crippen LogP contribution in [0.3, 0.4) is 0 Å². The van der Waals surface area contributed by atoms with Crippen molar-refractivity contribution >= 4 is 33.5 Å². The molecule has 0 aliphatic rings. The van der Waals surface area contributed by atoms with E-state index < -0.39 is 5.97 Å². The van der Waals surface area contributed by atoms with Gasteiger partial charge in [-0.25, -0.2) is 4.79 Å². The van der Waals surface area contributed by atoms with E-state index in [9.17, 15) is 14.7 Å². The first-order valence-corrected chi connectivity index (χ1v) is 11.3. The van der Waals surface area contributed by atoms with Gasteiger partial charge in [0.25, 0.3) is 0 Å². The summed E-state index contributed by atoms with van der Waals surface area (Å²) in [5, 5.41) is 18.7. The van der Waals surface area contributed by atoms with Crippen LogP contribution in [0.5, 0.6) is 0 Å². The van der Waals surface area contributed by atoms with E-state index in [-0.39, 0.29) is 17.0 Å². The number of rotatable bonds is 5. The number of fused-ring (bicyclic) bond motifs is 2. The Bertz CT molecular complexity index is 1680. The fraction of sp³-hybridized carbons (Fsp3) is 0.179. The molecule has 0 amide bonds. The number of nitrogens with one attached hydrogen (secondary N) is 1. The number of hydrogen-bond acceptors (Lipinski definition) is 5. The molecule has 0 spiro atoms. The van der Waals surface area contributed by atoms with Gasteiger partial charge in [0.1, 0.15) is 11.3 Å². The number of para-hydroxylation sites is 1. The van der Waals surface area contributed by atoms with Gasteiger partial charge in [0, 0.05) is 41.0 Å². The maximum absolute atomic E-state index is 13.4. The van der Waals surface area contributed by atoms with Gasteiger partial charge in [-0.1, -0.05) is 18.2 Å². The van der Waals surface area contributed by atoms with Crippen LogP contribution in [0.2, 0.25) is 0 Å². The fourth-order valence-electron chi connectivity index (χ4n) is 4.56. The van der Waals surface area contributed by atoms with Crippen LogP contribution < -0.4 is 10.7 Å². The largest absolute Gasteiger partial charge is 0.478 e. The summed E-state index contributed by atoms with van der Waals surface area (Å²) in [6.07, 6.45) is 1.92. The molecule has 0 saturated heterocycles. The van der Waals surface area contributed by atoms with Gasteiger partial charge >= 0.3 is 5.97 Å². The Hall–Kier alpha value is -4.39. The normalized spacial score (nSPS) is 12.2. The van der Waals surface area contributed by atoms with E-state index in [0.717, 1.165) is 27.6 Å². The monoisotopic (exact) mass is 467 g/mol. The summed E-state index contributed by atoms with van der Waals surface area (Å²) in [5.74, 6) is -0.499. The van der Waals surface area contributed by atoms with E-state index in [4.69, 9.17) is 4.42 Å². The molecule has 0 unspecified atom stereocenters. The molecule has 5 rings (SSSR count). The van der Waals surface area contributed by atoms with Gasteiger partial charge in [0.15, 0.2) is 5.43 Å². The first kappa shape index (κ1) is 22.4. The Morgan fingerprint density at radius 3 is 2.66 bits per heavy atom. The number of aromatic carboxylic acids is 1. The molecule has 0 radical (unpaired) electrons. The van der Waals surface area contributed by atoms with Gasteiger partial charge in [-0.05, 0) is 62.7 Å². The van der Waals surface area contributed by atoms with Gasteiger partial charge in [-0.2, -0.15) is 5.10 Å². The third-order valence-electron chi connectivity index (χ3n) is 6.27. The van der Waals surface area contributed by atoms with Gasteiger partial charge in [0.2, 0.25) is 0 Å². The van der Waals surface area contributed by atoms with Crippen molar-refractivity contribution in [3.8, 4) is 11.3 Å². The average molecular weight is 468 g/mol. The Kier molecular flexibility index (Phi) is 5.40. The Labute approximate surface area is 201 Å². The van der Waals surface area contributed by atoms with E-state index in [1.807, 2.05) is 57.4 Å². The van der Waals surface area contributed by atoms with Crippen LogP contribution in [0.25, 0.3) is 33.2 Å². The Balaban J connectivity index is 1.68. The number of aryl methyl sites for hydroxylation is 2. The molecule has 0 aliphatic carbocycles. The number of anilines is 1. The van der Waals surface area contributed by atoms with Crippen LogP contribution in [0, 0.1) is 13.8 Å². The first-order chi connectivity index (χ1) is 16.7. The molecule has 176 valence electrons. The molecule has 0 saturated carbocycles. The lowest BCUT2D eigenvalue weighted by Crippen LogP contribution is -2.14. The van der Waals surface area contributed by atoms with Crippen molar-refractivity contribution in [3.05, 3.63) is 93.3 Å². The van der Waals surface area contributed by atoms with Crippen LogP contribution in [0.15, 0.2) is 70.0 Å².